The average molecular weight is 554 g/mol. The largest absolute Gasteiger partial charge is 0.481 e. The summed E-state index contributed by atoms with van der Waals surface area (Å²) < 4.78 is 60.6. The molecule has 1 saturated heterocycles. The molecule has 0 bridgehead atoms. The fourth-order valence-electron chi connectivity index (χ4n) is 4.25. The molecular formula is C23H28ClF4N3O4S. The van der Waals surface area contributed by atoms with E-state index in [1.54, 1.807) is 6.20 Å². The number of rotatable bonds is 10. The Morgan fingerprint density at radius 1 is 1.31 bits per heavy atom. The summed E-state index contributed by atoms with van der Waals surface area (Å²) in [6, 6.07) is 1.43. The average Bonchev–Trinajstić information content (AvgIpc) is 3.21. The summed E-state index contributed by atoms with van der Waals surface area (Å²) in [6.07, 6.45) is 0.370. The van der Waals surface area contributed by atoms with Crippen LogP contribution in [0, 0.1) is 16.7 Å². The third-order valence-electron chi connectivity index (χ3n) is 6.12. The molecule has 200 valence electrons. The van der Waals surface area contributed by atoms with Gasteiger partial charge in [0, 0.05) is 36.9 Å². The molecule has 0 saturated carbocycles. The molecule has 0 aliphatic carbocycles. The predicted molar refractivity (Wildman–Crippen MR) is 127 cm³/mol. The lowest BCUT2D eigenvalue weighted by molar-refractivity contribution is -0.163. The Kier molecular flexibility index (Phi) is 9.18. The molecule has 0 radical (unpaired) electrons. The number of carboxylic acids is 1. The van der Waals surface area contributed by atoms with Crippen molar-refractivity contribution in [3.05, 3.63) is 28.4 Å². The monoisotopic (exact) mass is 553 g/mol. The van der Waals surface area contributed by atoms with E-state index in [1.165, 1.54) is 23.6 Å². The molecular weight excluding hydrogens is 526 g/mol. The number of nitrogens with zero attached hydrogens (tertiary/aromatic N) is 3. The van der Waals surface area contributed by atoms with Crippen molar-refractivity contribution >= 4 is 28.9 Å². The molecule has 13 heteroatoms. The lowest BCUT2D eigenvalue weighted by Crippen LogP contribution is -2.55. The molecule has 0 spiro atoms. The molecule has 1 N–H and O–H groups in total. The van der Waals surface area contributed by atoms with E-state index in [4.69, 9.17) is 16.3 Å². The first-order chi connectivity index (χ1) is 16.8. The summed E-state index contributed by atoms with van der Waals surface area (Å²) >= 11 is 7.21. The zero-order chi connectivity index (χ0) is 26.7. The molecule has 3 heterocycles. The van der Waals surface area contributed by atoms with Gasteiger partial charge >= 0.3 is 12.6 Å². The minimum Gasteiger partial charge on any atom is -0.481 e. The van der Waals surface area contributed by atoms with Crippen molar-refractivity contribution in [2.75, 3.05) is 26.3 Å². The number of likely N-dealkylation sites (tertiary alicyclic amines) is 1. The number of carboxylic acid groups (broad SMARTS) is 1. The highest BCUT2D eigenvalue weighted by atomic mass is 35.5. The Morgan fingerprint density at radius 3 is 2.64 bits per heavy atom. The van der Waals surface area contributed by atoms with Gasteiger partial charge in [0.15, 0.2) is 0 Å². The highest BCUT2D eigenvalue weighted by Crippen LogP contribution is 2.43. The molecule has 36 heavy (non-hydrogen) atoms. The van der Waals surface area contributed by atoms with Crippen molar-refractivity contribution in [1.29, 1.82) is 0 Å². The number of piperidine rings is 1. The minimum atomic E-state index is -3.07. The summed E-state index contributed by atoms with van der Waals surface area (Å²) in [5, 5.41) is 10.7. The number of alkyl halides is 4. The zero-order valence-electron chi connectivity index (χ0n) is 20.0. The fraction of sp³-hybridized carbons (Fsp3) is 0.609. The molecule has 3 rings (SSSR count). The van der Waals surface area contributed by atoms with E-state index in [0.717, 1.165) is 4.88 Å². The molecule has 0 amide bonds. The molecule has 2 aromatic heterocycles. The summed E-state index contributed by atoms with van der Waals surface area (Å²) in [6.45, 7) is 2.81. The molecule has 0 aromatic carbocycles. The topological polar surface area (TPSA) is 84.8 Å². The Balaban J connectivity index is 1.85. The van der Waals surface area contributed by atoms with Crippen molar-refractivity contribution in [3.8, 4) is 16.5 Å². The van der Waals surface area contributed by atoms with E-state index in [2.05, 4.69) is 14.7 Å². The molecule has 0 unspecified atom stereocenters. The van der Waals surface area contributed by atoms with Crippen molar-refractivity contribution in [2.24, 2.45) is 16.7 Å². The third-order valence-corrected chi connectivity index (χ3v) is 7.35. The summed E-state index contributed by atoms with van der Waals surface area (Å²) in [4.78, 5) is 23.2. The smallest absolute Gasteiger partial charge is 0.388 e. The number of ether oxygens (including phenoxy) is 2. The van der Waals surface area contributed by atoms with Gasteiger partial charge in [0.1, 0.15) is 17.0 Å². The fourth-order valence-corrected chi connectivity index (χ4v) is 5.37. The van der Waals surface area contributed by atoms with Gasteiger partial charge in [0.2, 0.25) is 5.88 Å². The van der Waals surface area contributed by atoms with Crippen LogP contribution < -0.4 is 4.74 Å². The second-order valence-corrected chi connectivity index (χ2v) is 11.5. The Hall–Kier alpha value is -2.02. The maximum atomic E-state index is 12.8. The third kappa shape index (κ3) is 7.27. The van der Waals surface area contributed by atoms with Gasteiger partial charge in [-0.1, -0.05) is 32.4 Å². The molecule has 1 aliphatic heterocycles. The Morgan fingerprint density at radius 2 is 2.03 bits per heavy atom. The van der Waals surface area contributed by atoms with Crippen LogP contribution in [0.2, 0.25) is 5.02 Å². The van der Waals surface area contributed by atoms with E-state index >= 15 is 0 Å². The van der Waals surface area contributed by atoms with Crippen molar-refractivity contribution < 1.29 is 36.9 Å². The van der Waals surface area contributed by atoms with Gasteiger partial charge in [0.05, 0.1) is 17.2 Å². The van der Waals surface area contributed by atoms with Gasteiger partial charge < -0.3 is 14.6 Å². The highest BCUT2D eigenvalue weighted by Gasteiger charge is 2.48. The number of thiazole rings is 1. The highest BCUT2D eigenvalue weighted by molar-refractivity contribution is 7.15. The van der Waals surface area contributed by atoms with Crippen molar-refractivity contribution in [2.45, 2.75) is 46.8 Å². The number of aliphatic carboxylic acids is 1. The van der Waals surface area contributed by atoms with Gasteiger partial charge in [-0.2, -0.15) is 8.78 Å². The first kappa shape index (κ1) is 28.5. The normalized spacial score (nSPS) is 21.3. The lowest BCUT2D eigenvalue weighted by atomic mass is 9.67. The van der Waals surface area contributed by atoms with Crippen molar-refractivity contribution in [3.63, 3.8) is 0 Å². The first-order valence-electron chi connectivity index (χ1n) is 11.2. The molecule has 1 aliphatic rings. The van der Waals surface area contributed by atoms with Crippen LogP contribution >= 0.6 is 22.9 Å². The molecule has 1 fully saturated rings. The lowest BCUT2D eigenvalue weighted by Gasteiger charge is -2.47. The minimum absolute atomic E-state index is 0.0481. The second kappa shape index (κ2) is 11.6. The van der Waals surface area contributed by atoms with E-state index < -0.39 is 31.0 Å². The van der Waals surface area contributed by atoms with Crippen LogP contribution in [0.4, 0.5) is 17.6 Å². The van der Waals surface area contributed by atoms with E-state index in [9.17, 15) is 27.5 Å². The van der Waals surface area contributed by atoms with E-state index in [1.807, 2.05) is 25.7 Å². The molecule has 7 nitrogen and oxygen atoms in total. The van der Waals surface area contributed by atoms with E-state index in [0.29, 0.717) is 24.5 Å². The Bertz CT molecular complexity index is 1050. The van der Waals surface area contributed by atoms with Gasteiger partial charge in [-0.15, -0.1) is 11.3 Å². The summed E-state index contributed by atoms with van der Waals surface area (Å²) in [7, 11) is 0. The maximum absolute atomic E-state index is 12.8. The summed E-state index contributed by atoms with van der Waals surface area (Å²) in [5.74, 6) is -1.45. The predicted octanol–water partition coefficient (Wildman–Crippen LogP) is 5.68. The number of aromatic nitrogens is 2. The van der Waals surface area contributed by atoms with Crippen LogP contribution in [0.5, 0.6) is 5.88 Å². The van der Waals surface area contributed by atoms with Crippen LogP contribution in [0.1, 0.15) is 32.1 Å². The van der Waals surface area contributed by atoms with Crippen LogP contribution in [0.3, 0.4) is 0 Å². The van der Waals surface area contributed by atoms with Crippen LogP contribution in [-0.4, -0.2) is 65.3 Å². The Labute approximate surface area is 215 Å². The standard InChI is InChI=1S/C23H28ClF4N3O4S/c1-22(2,3)13-5-23(20(32)33,12-34-10-17(25)26)11-31(8-13)9-15-7-30-19(36-15)16-4-14(24)6-29-18(16)35-21(27)28/h4,6-7,13,17,21H,5,8-12H2,1-3H3,(H,32,33)/t13-,23-/m1/s1. The first-order valence-corrected chi connectivity index (χ1v) is 12.4. The second-order valence-electron chi connectivity index (χ2n) is 9.94. The van der Waals surface area contributed by atoms with Crippen LogP contribution in [0.25, 0.3) is 10.6 Å². The SMILES string of the molecule is CC(C)(C)[C@H]1CN(Cc2cnc(-c3cc(Cl)cnc3OC(F)F)s2)C[C@](COCC(F)F)(C(=O)O)C1. The van der Waals surface area contributed by atoms with Gasteiger partial charge in [0.25, 0.3) is 6.43 Å². The number of halogens is 5. The van der Waals surface area contributed by atoms with Gasteiger partial charge in [-0.25, -0.2) is 18.7 Å². The molecule has 2 atom stereocenters. The van der Waals surface area contributed by atoms with Crippen molar-refractivity contribution in [1.82, 2.24) is 14.9 Å². The van der Waals surface area contributed by atoms with Crippen LogP contribution in [0.15, 0.2) is 18.5 Å². The summed E-state index contributed by atoms with van der Waals surface area (Å²) in [5.41, 5.74) is -1.38. The van der Waals surface area contributed by atoms with Crippen LogP contribution in [-0.2, 0) is 16.1 Å². The number of pyridine rings is 1. The quantitative estimate of drug-likeness (QED) is 0.379. The zero-order valence-corrected chi connectivity index (χ0v) is 21.6. The van der Waals surface area contributed by atoms with E-state index in [-0.39, 0.29) is 41.0 Å². The number of hydrogen-bond donors (Lipinski definition) is 1. The number of hydrogen-bond acceptors (Lipinski definition) is 7. The molecule has 2 aromatic rings. The number of carbonyl (C=O) groups is 1. The maximum Gasteiger partial charge on any atom is 0.388 e. The van der Waals surface area contributed by atoms with Gasteiger partial charge in [-0.3, -0.25) is 9.69 Å². The van der Waals surface area contributed by atoms with Gasteiger partial charge in [-0.05, 0) is 23.8 Å².